The second-order valence-corrected chi connectivity index (χ2v) is 8.63. The quantitative estimate of drug-likeness (QED) is 0.745. The molecule has 2 aromatic rings. The van der Waals surface area contributed by atoms with Crippen molar-refractivity contribution < 1.29 is 9.00 Å². The molecule has 1 aromatic carbocycles. The molecule has 0 spiro atoms. The van der Waals surface area contributed by atoms with Crippen molar-refractivity contribution in [3.63, 3.8) is 0 Å². The van der Waals surface area contributed by atoms with Gasteiger partial charge in [0.25, 0.3) is 5.91 Å². The summed E-state index contributed by atoms with van der Waals surface area (Å²) in [5.74, 6) is 1.35. The Morgan fingerprint density at radius 3 is 2.73 bits per heavy atom. The number of rotatable bonds is 8. The lowest BCUT2D eigenvalue weighted by Gasteiger charge is -2.14. The summed E-state index contributed by atoms with van der Waals surface area (Å²) in [6.07, 6.45) is 5.48. The standard InChI is InChI=1S/C20H27N3O2S/c1-4-8-26(25)9-7-14-11-16-18(10-13(14)2)22-12-17(19(16)21-3)20(24)23-15-5-6-15/h10-12,15H,4-9H2,1-3H3,(H,21,22)(H,23,24). The van der Waals surface area contributed by atoms with Gasteiger partial charge in [0.2, 0.25) is 0 Å². The predicted molar refractivity (Wildman–Crippen MR) is 108 cm³/mol. The number of nitrogens with one attached hydrogen (secondary N) is 2. The molecule has 1 atom stereocenters. The molecule has 140 valence electrons. The Labute approximate surface area is 157 Å². The number of aromatic nitrogens is 1. The van der Waals surface area contributed by atoms with Crippen molar-refractivity contribution in [3.05, 3.63) is 35.0 Å². The number of amides is 1. The lowest BCUT2D eigenvalue weighted by atomic mass is 10.0. The van der Waals surface area contributed by atoms with Crippen LogP contribution in [0.25, 0.3) is 10.9 Å². The molecule has 1 aliphatic carbocycles. The molecule has 1 amide bonds. The van der Waals surface area contributed by atoms with Crippen LogP contribution >= 0.6 is 0 Å². The maximum Gasteiger partial charge on any atom is 0.255 e. The fourth-order valence-corrected chi connectivity index (χ4v) is 4.25. The Morgan fingerprint density at radius 1 is 1.31 bits per heavy atom. The zero-order valence-electron chi connectivity index (χ0n) is 15.7. The fraction of sp³-hybridized carbons (Fsp3) is 0.500. The topological polar surface area (TPSA) is 71.1 Å². The van der Waals surface area contributed by atoms with E-state index in [4.69, 9.17) is 0 Å². The highest BCUT2D eigenvalue weighted by Gasteiger charge is 2.25. The van der Waals surface area contributed by atoms with Crippen LogP contribution in [0.2, 0.25) is 0 Å². The third-order valence-corrected chi connectivity index (χ3v) is 6.29. The molecule has 1 heterocycles. The number of aryl methyl sites for hydroxylation is 2. The number of pyridine rings is 1. The zero-order valence-corrected chi connectivity index (χ0v) is 16.5. The Hall–Kier alpha value is -1.95. The zero-order chi connectivity index (χ0) is 18.7. The highest BCUT2D eigenvalue weighted by Crippen LogP contribution is 2.29. The van der Waals surface area contributed by atoms with Crippen LogP contribution in [-0.4, -0.2) is 39.7 Å². The monoisotopic (exact) mass is 373 g/mol. The van der Waals surface area contributed by atoms with Crippen LogP contribution in [0.4, 0.5) is 5.69 Å². The minimum atomic E-state index is -0.777. The van der Waals surface area contributed by atoms with Crippen molar-refractivity contribution in [2.24, 2.45) is 0 Å². The van der Waals surface area contributed by atoms with E-state index in [1.54, 1.807) is 6.20 Å². The fourth-order valence-electron chi connectivity index (χ4n) is 3.14. The third-order valence-electron chi connectivity index (χ3n) is 4.76. The SMILES string of the molecule is CCCS(=O)CCc1cc2c(NC)c(C(=O)NC3CC3)cnc2cc1C. The molecule has 1 saturated carbocycles. The van der Waals surface area contributed by atoms with Crippen molar-refractivity contribution in [3.8, 4) is 0 Å². The normalized spacial score (nSPS) is 15.0. The summed E-state index contributed by atoms with van der Waals surface area (Å²) in [5.41, 5.74) is 4.57. The molecule has 1 aliphatic rings. The molecular weight excluding hydrogens is 346 g/mol. The Kier molecular flexibility index (Phi) is 5.91. The van der Waals surface area contributed by atoms with Gasteiger partial charge in [0.15, 0.2) is 0 Å². The van der Waals surface area contributed by atoms with Gasteiger partial charge < -0.3 is 10.6 Å². The van der Waals surface area contributed by atoms with Gasteiger partial charge in [-0.05, 0) is 55.9 Å². The molecule has 0 radical (unpaired) electrons. The number of fused-ring (bicyclic) bond motifs is 1. The van der Waals surface area contributed by atoms with E-state index in [1.807, 2.05) is 7.05 Å². The Balaban J connectivity index is 1.93. The minimum absolute atomic E-state index is 0.0718. The highest BCUT2D eigenvalue weighted by atomic mass is 32.2. The number of hydrogen-bond acceptors (Lipinski definition) is 4. The summed E-state index contributed by atoms with van der Waals surface area (Å²) < 4.78 is 12.0. The van der Waals surface area contributed by atoms with E-state index in [9.17, 15) is 9.00 Å². The number of benzene rings is 1. The first-order chi connectivity index (χ1) is 12.5. The largest absolute Gasteiger partial charge is 0.387 e. The first kappa shape index (κ1) is 18.8. The number of anilines is 1. The van der Waals surface area contributed by atoms with E-state index in [0.29, 0.717) is 17.4 Å². The van der Waals surface area contributed by atoms with Crippen LogP contribution in [0.15, 0.2) is 18.3 Å². The van der Waals surface area contributed by atoms with Crippen molar-refractivity contribution in [2.45, 2.75) is 45.6 Å². The van der Waals surface area contributed by atoms with E-state index in [2.05, 4.69) is 41.6 Å². The molecule has 2 N–H and O–H groups in total. The van der Waals surface area contributed by atoms with Gasteiger partial charge in [0, 0.05) is 47.0 Å². The second-order valence-electron chi connectivity index (χ2n) is 6.94. The molecule has 1 fully saturated rings. The molecule has 1 unspecified atom stereocenters. The lowest BCUT2D eigenvalue weighted by molar-refractivity contribution is 0.0951. The van der Waals surface area contributed by atoms with Crippen LogP contribution in [0.3, 0.4) is 0 Å². The Bertz CT molecular complexity index is 847. The van der Waals surface area contributed by atoms with Crippen molar-refractivity contribution in [2.75, 3.05) is 23.9 Å². The minimum Gasteiger partial charge on any atom is -0.387 e. The summed E-state index contributed by atoms with van der Waals surface area (Å²) in [5, 5.41) is 7.16. The van der Waals surface area contributed by atoms with Gasteiger partial charge in [0.05, 0.1) is 16.8 Å². The van der Waals surface area contributed by atoms with Crippen molar-refractivity contribution in [1.82, 2.24) is 10.3 Å². The number of nitrogens with zero attached hydrogens (tertiary/aromatic N) is 1. The number of hydrogen-bond donors (Lipinski definition) is 2. The predicted octanol–water partition coefficient (Wildman–Crippen LogP) is 3.18. The lowest BCUT2D eigenvalue weighted by Crippen LogP contribution is -2.26. The molecule has 1 aromatic heterocycles. The van der Waals surface area contributed by atoms with Gasteiger partial charge in [0.1, 0.15) is 0 Å². The summed E-state index contributed by atoms with van der Waals surface area (Å²) >= 11 is 0. The van der Waals surface area contributed by atoms with Gasteiger partial charge >= 0.3 is 0 Å². The van der Waals surface area contributed by atoms with E-state index in [0.717, 1.165) is 53.6 Å². The maximum atomic E-state index is 12.5. The molecule has 5 nitrogen and oxygen atoms in total. The molecule has 26 heavy (non-hydrogen) atoms. The van der Waals surface area contributed by atoms with Gasteiger partial charge in [-0.3, -0.25) is 14.0 Å². The Morgan fingerprint density at radius 2 is 2.08 bits per heavy atom. The van der Waals surface area contributed by atoms with Gasteiger partial charge in [-0.1, -0.05) is 6.92 Å². The smallest absolute Gasteiger partial charge is 0.255 e. The van der Waals surface area contributed by atoms with Crippen molar-refractivity contribution in [1.29, 1.82) is 0 Å². The number of carbonyl (C=O) groups is 1. The molecule has 0 aliphatic heterocycles. The summed E-state index contributed by atoms with van der Waals surface area (Å²) in [6.45, 7) is 4.12. The first-order valence-electron chi connectivity index (χ1n) is 9.29. The maximum absolute atomic E-state index is 12.5. The highest BCUT2D eigenvalue weighted by molar-refractivity contribution is 7.84. The molecule has 0 saturated heterocycles. The van der Waals surface area contributed by atoms with E-state index in [1.165, 1.54) is 5.56 Å². The molecule has 3 rings (SSSR count). The van der Waals surface area contributed by atoms with Crippen LogP contribution in [-0.2, 0) is 17.2 Å². The van der Waals surface area contributed by atoms with Gasteiger partial charge in [-0.25, -0.2) is 0 Å². The van der Waals surface area contributed by atoms with Crippen LogP contribution < -0.4 is 10.6 Å². The molecule has 6 heteroatoms. The number of carbonyl (C=O) groups excluding carboxylic acids is 1. The van der Waals surface area contributed by atoms with Gasteiger partial charge in [-0.15, -0.1) is 0 Å². The van der Waals surface area contributed by atoms with Crippen molar-refractivity contribution >= 4 is 33.3 Å². The van der Waals surface area contributed by atoms with Gasteiger partial charge in [-0.2, -0.15) is 0 Å². The van der Waals surface area contributed by atoms with Crippen LogP contribution in [0.1, 0.15) is 47.7 Å². The average molecular weight is 374 g/mol. The summed E-state index contributed by atoms with van der Waals surface area (Å²) in [7, 11) is 1.06. The third kappa shape index (κ3) is 4.23. The van der Waals surface area contributed by atoms with Crippen LogP contribution in [0.5, 0.6) is 0 Å². The summed E-state index contributed by atoms with van der Waals surface area (Å²) in [6, 6.07) is 4.46. The summed E-state index contributed by atoms with van der Waals surface area (Å²) in [4.78, 5) is 17.0. The van der Waals surface area contributed by atoms with E-state index < -0.39 is 10.8 Å². The van der Waals surface area contributed by atoms with E-state index in [-0.39, 0.29) is 5.91 Å². The second kappa shape index (κ2) is 8.16. The first-order valence-corrected chi connectivity index (χ1v) is 10.8. The average Bonchev–Trinajstić information content (AvgIpc) is 3.43. The molecule has 0 bridgehead atoms. The van der Waals surface area contributed by atoms with E-state index >= 15 is 0 Å². The molecular formula is C20H27N3O2S. The van der Waals surface area contributed by atoms with Crippen LogP contribution in [0, 0.1) is 6.92 Å².